The van der Waals surface area contributed by atoms with Crippen LogP contribution in [0.25, 0.3) is 0 Å². The Hall–Kier alpha value is -1.35. The van der Waals surface area contributed by atoms with Gasteiger partial charge in [-0.2, -0.15) is 0 Å². The monoisotopic (exact) mass is 218 g/mol. The van der Waals surface area contributed by atoms with Gasteiger partial charge in [0.05, 0.1) is 11.6 Å². The van der Waals surface area contributed by atoms with E-state index in [2.05, 4.69) is 31.0 Å². The Kier molecular flexibility index (Phi) is 2.97. The van der Waals surface area contributed by atoms with E-state index < -0.39 is 0 Å². The zero-order valence-electron chi connectivity index (χ0n) is 9.81. The molecule has 0 radical (unpaired) electrons. The molecule has 1 aliphatic heterocycles. The van der Waals surface area contributed by atoms with E-state index in [1.54, 1.807) is 0 Å². The summed E-state index contributed by atoms with van der Waals surface area (Å²) in [6.07, 6.45) is 0.774. The van der Waals surface area contributed by atoms with Crippen molar-refractivity contribution in [3.05, 3.63) is 35.9 Å². The number of hydrogen-bond donors (Lipinski definition) is 1. The van der Waals surface area contributed by atoms with Crippen molar-refractivity contribution in [2.75, 3.05) is 6.61 Å². The Labute approximate surface area is 96.3 Å². The highest BCUT2D eigenvalue weighted by molar-refractivity contribution is 5.83. The average molecular weight is 218 g/mol. The van der Waals surface area contributed by atoms with E-state index in [1.165, 1.54) is 5.56 Å². The van der Waals surface area contributed by atoms with E-state index in [1.807, 2.05) is 18.2 Å². The minimum Gasteiger partial charge on any atom is -0.477 e. The van der Waals surface area contributed by atoms with Gasteiger partial charge in [-0.25, -0.2) is 4.99 Å². The minimum atomic E-state index is -0.135. The number of aliphatic imine (C=N–C) groups is 1. The maximum Gasteiger partial charge on any atom is 0.201 e. The first-order chi connectivity index (χ1) is 7.57. The standard InChI is InChI=1S/C13H18N2O/c1-13(2)9-16-12(15-13)11(14)8-10-6-4-3-5-7-10/h3-7,11H,8-9,14H2,1-2H3. The number of ether oxygens (including phenoxy) is 1. The largest absolute Gasteiger partial charge is 0.477 e. The molecule has 1 unspecified atom stereocenters. The summed E-state index contributed by atoms with van der Waals surface area (Å²) in [5.41, 5.74) is 7.17. The molecule has 1 heterocycles. The molecule has 1 aromatic carbocycles. The first kappa shape index (κ1) is 11.1. The highest BCUT2D eigenvalue weighted by atomic mass is 16.5. The van der Waals surface area contributed by atoms with Crippen molar-refractivity contribution >= 4 is 5.90 Å². The summed E-state index contributed by atoms with van der Waals surface area (Å²) >= 11 is 0. The summed E-state index contributed by atoms with van der Waals surface area (Å²) < 4.78 is 5.53. The molecule has 16 heavy (non-hydrogen) atoms. The molecule has 86 valence electrons. The van der Waals surface area contributed by atoms with Crippen molar-refractivity contribution in [1.29, 1.82) is 0 Å². The van der Waals surface area contributed by atoms with Gasteiger partial charge in [-0.05, 0) is 25.8 Å². The van der Waals surface area contributed by atoms with Gasteiger partial charge in [0.25, 0.3) is 0 Å². The molecule has 3 heteroatoms. The summed E-state index contributed by atoms with van der Waals surface area (Å²) in [6.45, 7) is 4.73. The topological polar surface area (TPSA) is 47.6 Å². The highest BCUT2D eigenvalue weighted by Crippen LogP contribution is 2.18. The van der Waals surface area contributed by atoms with Crippen LogP contribution >= 0.6 is 0 Å². The number of benzene rings is 1. The lowest BCUT2D eigenvalue weighted by Gasteiger charge is -2.10. The van der Waals surface area contributed by atoms with Crippen LogP contribution in [0.2, 0.25) is 0 Å². The number of hydrogen-bond acceptors (Lipinski definition) is 3. The predicted molar refractivity (Wildman–Crippen MR) is 65.6 cm³/mol. The summed E-state index contributed by atoms with van der Waals surface area (Å²) in [4.78, 5) is 4.49. The molecule has 0 aliphatic carbocycles. The van der Waals surface area contributed by atoms with Crippen molar-refractivity contribution in [2.24, 2.45) is 10.7 Å². The van der Waals surface area contributed by atoms with Crippen molar-refractivity contribution < 1.29 is 4.74 Å². The van der Waals surface area contributed by atoms with Crippen molar-refractivity contribution in [3.63, 3.8) is 0 Å². The first-order valence-electron chi connectivity index (χ1n) is 5.59. The SMILES string of the molecule is CC1(C)COC(C(N)Cc2ccccc2)=N1. The van der Waals surface area contributed by atoms with Gasteiger partial charge in [-0.1, -0.05) is 30.3 Å². The molecule has 0 saturated heterocycles. The third-order valence-corrected chi connectivity index (χ3v) is 2.60. The van der Waals surface area contributed by atoms with E-state index >= 15 is 0 Å². The fraction of sp³-hybridized carbons (Fsp3) is 0.462. The number of nitrogens with zero attached hydrogens (tertiary/aromatic N) is 1. The Morgan fingerprint density at radius 3 is 2.62 bits per heavy atom. The highest BCUT2D eigenvalue weighted by Gasteiger charge is 2.29. The summed E-state index contributed by atoms with van der Waals surface area (Å²) in [7, 11) is 0. The van der Waals surface area contributed by atoms with Crippen molar-refractivity contribution in [2.45, 2.75) is 31.8 Å². The van der Waals surface area contributed by atoms with Gasteiger partial charge >= 0.3 is 0 Å². The van der Waals surface area contributed by atoms with Crippen LogP contribution in [0.3, 0.4) is 0 Å². The van der Waals surface area contributed by atoms with E-state index in [4.69, 9.17) is 10.5 Å². The van der Waals surface area contributed by atoms with Gasteiger partial charge in [0.1, 0.15) is 6.61 Å². The second-order valence-electron chi connectivity index (χ2n) is 4.85. The zero-order valence-corrected chi connectivity index (χ0v) is 9.81. The van der Waals surface area contributed by atoms with E-state index in [0.29, 0.717) is 12.5 Å². The molecular formula is C13H18N2O. The predicted octanol–water partition coefficient (Wildman–Crippen LogP) is 1.76. The van der Waals surface area contributed by atoms with Crippen molar-refractivity contribution in [3.8, 4) is 0 Å². The lowest BCUT2D eigenvalue weighted by atomic mass is 10.1. The zero-order chi connectivity index (χ0) is 11.6. The fourth-order valence-electron chi connectivity index (χ4n) is 1.76. The molecule has 0 aromatic heterocycles. The van der Waals surface area contributed by atoms with Crippen LogP contribution in [0.1, 0.15) is 19.4 Å². The third kappa shape index (κ3) is 2.61. The lowest BCUT2D eigenvalue weighted by molar-refractivity contribution is 0.270. The molecule has 3 nitrogen and oxygen atoms in total. The quantitative estimate of drug-likeness (QED) is 0.840. The molecule has 1 atom stereocenters. The van der Waals surface area contributed by atoms with Crippen LogP contribution in [-0.4, -0.2) is 24.1 Å². The van der Waals surface area contributed by atoms with Crippen LogP contribution in [-0.2, 0) is 11.2 Å². The van der Waals surface area contributed by atoms with Crippen LogP contribution < -0.4 is 5.73 Å². The third-order valence-electron chi connectivity index (χ3n) is 2.60. The van der Waals surface area contributed by atoms with Crippen molar-refractivity contribution in [1.82, 2.24) is 0 Å². The maximum atomic E-state index is 6.08. The average Bonchev–Trinajstić information content (AvgIpc) is 2.60. The van der Waals surface area contributed by atoms with Gasteiger partial charge in [-0.3, -0.25) is 0 Å². The van der Waals surface area contributed by atoms with E-state index in [9.17, 15) is 0 Å². The molecule has 1 aliphatic rings. The smallest absolute Gasteiger partial charge is 0.201 e. The normalized spacial score (nSPS) is 20.1. The summed E-state index contributed by atoms with van der Waals surface area (Å²) in [6, 6.07) is 10.0. The lowest BCUT2D eigenvalue weighted by Crippen LogP contribution is -2.32. The molecule has 0 amide bonds. The molecule has 0 bridgehead atoms. The Morgan fingerprint density at radius 2 is 2.06 bits per heavy atom. The van der Waals surface area contributed by atoms with Crippen LogP contribution in [0, 0.1) is 0 Å². The van der Waals surface area contributed by atoms with Gasteiger partial charge in [0.15, 0.2) is 0 Å². The number of rotatable bonds is 3. The van der Waals surface area contributed by atoms with E-state index in [0.717, 1.165) is 6.42 Å². The molecule has 2 N–H and O–H groups in total. The van der Waals surface area contributed by atoms with Gasteiger partial charge in [0.2, 0.25) is 5.90 Å². The molecule has 2 rings (SSSR count). The second kappa shape index (κ2) is 4.26. The summed E-state index contributed by atoms with van der Waals surface area (Å²) in [5, 5.41) is 0. The van der Waals surface area contributed by atoms with Gasteiger partial charge in [0, 0.05) is 0 Å². The Bertz CT molecular complexity index is 384. The molecule has 1 aromatic rings. The number of nitrogens with two attached hydrogens (primary N) is 1. The maximum absolute atomic E-state index is 6.08. The van der Waals surface area contributed by atoms with Gasteiger partial charge < -0.3 is 10.5 Å². The Balaban J connectivity index is 2.02. The van der Waals surface area contributed by atoms with Crippen LogP contribution in [0.15, 0.2) is 35.3 Å². The molecular weight excluding hydrogens is 200 g/mol. The minimum absolute atomic E-state index is 0.121. The fourth-order valence-corrected chi connectivity index (χ4v) is 1.76. The van der Waals surface area contributed by atoms with Crippen LogP contribution in [0.4, 0.5) is 0 Å². The van der Waals surface area contributed by atoms with E-state index in [-0.39, 0.29) is 11.6 Å². The molecule has 0 spiro atoms. The Morgan fingerprint density at radius 1 is 1.38 bits per heavy atom. The molecule has 0 fully saturated rings. The molecule has 0 saturated carbocycles. The summed E-state index contributed by atoms with van der Waals surface area (Å²) in [5.74, 6) is 0.689. The van der Waals surface area contributed by atoms with Crippen LogP contribution in [0.5, 0.6) is 0 Å². The first-order valence-corrected chi connectivity index (χ1v) is 5.59. The van der Waals surface area contributed by atoms with Gasteiger partial charge in [-0.15, -0.1) is 0 Å². The second-order valence-corrected chi connectivity index (χ2v) is 4.85.